The van der Waals surface area contributed by atoms with E-state index in [2.05, 4.69) is 22.1 Å². The molecule has 0 radical (unpaired) electrons. The highest BCUT2D eigenvalue weighted by atomic mass is 32.1. The Bertz CT molecular complexity index is 1250. The molecule has 1 atom stereocenters. The highest BCUT2D eigenvalue weighted by Gasteiger charge is 2.35. The fourth-order valence-electron chi connectivity index (χ4n) is 4.26. The Labute approximate surface area is 195 Å². The lowest BCUT2D eigenvalue weighted by atomic mass is 10.1. The Morgan fingerprint density at radius 3 is 2.67 bits per heavy atom. The van der Waals surface area contributed by atoms with Gasteiger partial charge in [0.05, 0.1) is 16.9 Å². The maximum Gasteiger partial charge on any atom is 0.266 e. The Hall–Kier alpha value is -3.32. The third-order valence-electron chi connectivity index (χ3n) is 5.90. The SMILES string of the molecule is Cc1nc(Cc2ccccc2)sc1C(=O)N1CCCC1c1ncc(Cc2ccc(F)cc2)o1. The monoisotopic (exact) mass is 461 g/mol. The van der Waals surface area contributed by atoms with Gasteiger partial charge < -0.3 is 9.32 Å². The van der Waals surface area contributed by atoms with E-state index in [1.54, 1.807) is 18.3 Å². The van der Waals surface area contributed by atoms with E-state index in [4.69, 9.17) is 4.42 Å². The number of thiazole rings is 1. The zero-order chi connectivity index (χ0) is 22.8. The van der Waals surface area contributed by atoms with Gasteiger partial charge in [-0.3, -0.25) is 4.79 Å². The number of likely N-dealkylation sites (tertiary alicyclic amines) is 1. The minimum atomic E-state index is -0.262. The van der Waals surface area contributed by atoms with Crippen LogP contribution in [0.2, 0.25) is 0 Å². The van der Waals surface area contributed by atoms with Crippen molar-refractivity contribution in [2.75, 3.05) is 6.54 Å². The van der Waals surface area contributed by atoms with E-state index in [-0.39, 0.29) is 17.8 Å². The van der Waals surface area contributed by atoms with Crippen molar-refractivity contribution in [2.24, 2.45) is 0 Å². The first-order valence-corrected chi connectivity index (χ1v) is 11.9. The summed E-state index contributed by atoms with van der Waals surface area (Å²) in [5.41, 5.74) is 2.90. The van der Waals surface area contributed by atoms with Gasteiger partial charge in [0.25, 0.3) is 5.91 Å². The molecule has 2 aromatic carbocycles. The van der Waals surface area contributed by atoms with Gasteiger partial charge in [0.2, 0.25) is 5.89 Å². The van der Waals surface area contributed by atoms with Crippen molar-refractivity contribution in [3.63, 3.8) is 0 Å². The summed E-state index contributed by atoms with van der Waals surface area (Å²) < 4.78 is 19.2. The average molecular weight is 462 g/mol. The number of amides is 1. The Balaban J connectivity index is 1.31. The van der Waals surface area contributed by atoms with E-state index in [0.717, 1.165) is 35.5 Å². The molecule has 2 aromatic heterocycles. The van der Waals surface area contributed by atoms with Crippen LogP contribution in [0.5, 0.6) is 0 Å². The van der Waals surface area contributed by atoms with Crippen molar-refractivity contribution in [3.8, 4) is 0 Å². The van der Waals surface area contributed by atoms with Crippen molar-refractivity contribution in [1.29, 1.82) is 0 Å². The first kappa shape index (κ1) is 21.5. The molecular formula is C26H24FN3O2S. The number of aromatic nitrogens is 2. The summed E-state index contributed by atoms with van der Waals surface area (Å²) in [7, 11) is 0. The van der Waals surface area contributed by atoms with Gasteiger partial charge in [-0.2, -0.15) is 0 Å². The van der Waals surface area contributed by atoms with Crippen molar-refractivity contribution in [3.05, 3.63) is 105 Å². The molecule has 3 heterocycles. The van der Waals surface area contributed by atoms with Crippen LogP contribution in [0, 0.1) is 12.7 Å². The summed E-state index contributed by atoms with van der Waals surface area (Å²) in [6, 6.07) is 16.3. The first-order valence-electron chi connectivity index (χ1n) is 11.1. The summed E-state index contributed by atoms with van der Waals surface area (Å²) in [6.07, 6.45) is 4.67. The highest BCUT2D eigenvalue weighted by molar-refractivity contribution is 7.13. The number of halogens is 1. The zero-order valence-corrected chi connectivity index (χ0v) is 19.1. The van der Waals surface area contributed by atoms with Crippen molar-refractivity contribution < 1.29 is 13.6 Å². The van der Waals surface area contributed by atoms with E-state index in [0.29, 0.717) is 29.5 Å². The second kappa shape index (κ2) is 9.27. The number of benzene rings is 2. The molecule has 1 aliphatic heterocycles. The average Bonchev–Trinajstić information content (AvgIpc) is 3.55. The van der Waals surface area contributed by atoms with Gasteiger partial charge in [-0.05, 0) is 43.0 Å². The molecule has 7 heteroatoms. The first-order chi connectivity index (χ1) is 16.1. The van der Waals surface area contributed by atoms with Gasteiger partial charge in [-0.25, -0.2) is 14.4 Å². The number of rotatable bonds is 6. The molecule has 0 saturated carbocycles. The van der Waals surface area contributed by atoms with Gasteiger partial charge in [0, 0.05) is 19.4 Å². The van der Waals surface area contributed by atoms with Crippen LogP contribution < -0.4 is 0 Å². The molecule has 1 fully saturated rings. The van der Waals surface area contributed by atoms with Crippen LogP contribution in [0.15, 0.2) is 65.2 Å². The number of carbonyl (C=O) groups is 1. The Morgan fingerprint density at radius 2 is 1.88 bits per heavy atom. The number of hydrogen-bond donors (Lipinski definition) is 0. The van der Waals surface area contributed by atoms with Gasteiger partial charge in [-0.1, -0.05) is 42.5 Å². The predicted molar refractivity (Wildman–Crippen MR) is 125 cm³/mol. The summed E-state index contributed by atoms with van der Waals surface area (Å²) in [5, 5.41) is 0.940. The summed E-state index contributed by atoms with van der Waals surface area (Å²) in [5.74, 6) is 0.993. The Kier molecular flexibility index (Phi) is 6.05. The van der Waals surface area contributed by atoms with Gasteiger partial charge >= 0.3 is 0 Å². The topological polar surface area (TPSA) is 59.2 Å². The van der Waals surface area contributed by atoms with E-state index in [9.17, 15) is 9.18 Å². The number of carbonyl (C=O) groups excluding carboxylic acids is 1. The number of aryl methyl sites for hydroxylation is 1. The lowest BCUT2D eigenvalue weighted by Crippen LogP contribution is -2.30. The fourth-order valence-corrected chi connectivity index (χ4v) is 5.31. The lowest BCUT2D eigenvalue weighted by Gasteiger charge is -2.21. The lowest BCUT2D eigenvalue weighted by molar-refractivity contribution is 0.0718. The third-order valence-corrected chi connectivity index (χ3v) is 7.04. The fraction of sp³-hybridized carbons (Fsp3) is 0.269. The second-order valence-electron chi connectivity index (χ2n) is 8.31. The highest BCUT2D eigenvalue weighted by Crippen LogP contribution is 2.35. The van der Waals surface area contributed by atoms with Gasteiger partial charge in [0.1, 0.15) is 22.5 Å². The van der Waals surface area contributed by atoms with Crippen LogP contribution in [0.1, 0.15) is 62.0 Å². The minimum absolute atomic E-state index is 0.00917. The smallest absolute Gasteiger partial charge is 0.266 e. The largest absolute Gasteiger partial charge is 0.443 e. The molecule has 1 amide bonds. The van der Waals surface area contributed by atoms with Gasteiger partial charge in [0.15, 0.2) is 0 Å². The molecule has 0 N–H and O–H groups in total. The maximum absolute atomic E-state index is 13.4. The molecule has 4 aromatic rings. The van der Waals surface area contributed by atoms with E-state index < -0.39 is 0 Å². The molecule has 0 aliphatic carbocycles. The summed E-state index contributed by atoms with van der Waals surface area (Å²) >= 11 is 1.47. The maximum atomic E-state index is 13.4. The van der Waals surface area contributed by atoms with Crippen LogP contribution in [-0.4, -0.2) is 27.3 Å². The summed E-state index contributed by atoms with van der Waals surface area (Å²) in [6.45, 7) is 2.57. The normalized spacial score (nSPS) is 15.8. The molecular weight excluding hydrogens is 437 g/mol. The molecule has 0 bridgehead atoms. The van der Waals surface area contributed by atoms with E-state index in [1.165, 1.54) is 29.0 Å². The molecule has 5 nitrogen and oxygen atoms in total. The summed E-state index contributed by atoms with van der Waals surface area (Å²) in [4.78, 5) is 25.1. The zero-order valence-electron chi connectivity index (χ0n) is 18.3. The molecule has 0 spiro atoms. The molecule has 1 unspecified atom stereocenters. The standard InChI is InChI=1S/C26H24FN3O2S/c1-17-24(33-23(29-17)15-18-6-3-2-4-7-18)26(31)30-13-5-8-22(30)25-28-16-21(32-25)14-19-9-11-20(27)12-10-19/h2-4,6-7,9-12,16,22H,5,8,13-15H2,1H3. The van der Waals surface area contributed by atoms with Crippen molar-refractivity contribution in [2.45, 2.75) is 38.6 Å². The number of nitrogens with zero attached hydrogens (tertiary/aromatic N) is 3. The Morgan fingerprint density at radius 1 is 1.12 bits per heavy atom. The molecule has 5 rings (SSSR count). The quantitative estimate of drug-likeness (QED) is 0.368. The minimum Gasteiger partial charge on any atom is -0.443 e. The third kappa shape index (κ3) is 4.73. The van der Waals surface area contributed by atoms with Crippen LogP contribution in [-0.2, 0) is 12.8 Å². The van der Waals surface area contributed by atoms with Crippen LogP contribution in [0.4, 0.5) is 4.39 Å². The molecule has 1 aliphatic rings. The number of hydrogen-bond acceptors (Lipinski definition) is 5. The van der Waals surface area contributed by atoms with Crippen LogP contribution in [0.25, 0.3) is 0 Å². The molecule has 33 heavy (non-hydrogen) atoms. The van der Waals surface area contributed by atoms with Crippen molar-refractivity contribution >= 4 is 17.2 Å². The number of oxazole rings is 1. The van der Waals surface area contributed by atoms with Crippen LogP contribution in [0.3, 0.4) is 0 Å². The molecule has 168 valence electrons. The van der Waals surface area contributed by atoms with E-state index >= 15 is 0 Å². The predicted octanol–water partition coefficient (Wildman–Crippen LogP) is 5.74. The van der Waals surface area contributed by atoms with E-state index in [1.807, 2.05) is 30.0 Å². The van der Waals surface area contributed by atoms with Crippen molar-refractivity contribution in [1.82, 2.24) is 14.9 Å². The van der Waals surface area contributed by atoms with Gasteiger partial charge in [-0.15, -0.1) is 11.3 Å². The van der Waals surface area contributed by atoms with Crippen LogP contribution >= 0.6 is 11.3 Å². The second-order valence-corrected chi connectivity index (χ2v) is 9.39. The molecule has 1 saturated heterocycles.